The molecule has 0 bridgehead atoms. The summed E-state index contributed by atoms with van der Waals surface area (Å²) in [6.45, 7) is 5.49. The zero-order valence-corrected chi connectivity index (χ0v) is 13.2. The molecule has 1 aliphatic rings. The molecule has 0 saturated carbocycles. The van der Waals surface area contributed by atoms with Crippen molar-refractivity contribution in [3.05, 3.63) is 28.8 Å². The minimum atomic E-state index is -0.374. The molecule has 21 heavy (non-hydrogen) atoms. The molecule has 1 saturated heterocycles. The number of nitrogens with zero attached hydrogens (tertiary/aromatic N) is 1. The van der Waals surface area contributed by atoms with Crippen LogP contribution in [0.4, 0.5) is 10.5 Å². The predicted molar refractivity (Wildman–Crippen MR) is 85.0 cm³/mol. The van der Waals surface area contributed by atoms with Gasteiger partial charge in [-0.15, -0.1) is 0 Å². The number of benzene rings is 1. The van der Waals surface area contributed by atoms with Gasteiger partial charge in [-0.1, -0.05) is 24.6 Å². The molecule has 2 rings (SSSR count). The van der Waals surface area contributed by atoms with E-state index in [2.05, 4.69) is 33.3 Å². The van der Waals surface area contributed by atoms with Crippen molar-refractivity contribution >= 4 is 23.4 Å². The molecule has 1 aromatic rings. The van der Waals surface area contributed by atoms with E-state index >= 15 is 0 Å². The molecule has 2 N–H and O–H groups in total. The zero-order chi connectivity index (χ0) is 15.2. The van der Waals surface area contributed by atoms with Gasteiger partial charge in [0.1, 0.15) is 0 Å². The van der Waals surface area contributed by atoms with E-state index in [4.69, 9.17) is 11.6 Å². The summed E-state index contributed by atoms with van der Waals surface area (Å²) in [6.07, 6.45) is 0.531. The third-order valence-electron chi connectivity index (χ3n) is 3.65. The monoisotopic (exact) mass is 311 g/mol. The van der Waals surface area contributed by atoms with Gasteiger partial charge in [-0.2, -0.15) is 0 Å². The number of methoxy groups -OCH3 is 1. The van der Waals surface area contributed by atoms with Crippen LogP contribution in [0.2, 0.25) is 5.02 Å². The van der Waals surface area contributed by atoms with Crippen LogP contribution >= 0.6 is 11.6 Å². The highest BCUT2D eigenvalue weighted by Gasteiger charge is 2.25. The van der Waals surface area contributed by atoms with E-state index in [-0.39, 0.29) is 12.1 Å². The minimum Gasteiger partial charge on any atom is -0.453 e. The van der Waals surface area contributed by atoms with Crippen LogP contribution in [-0.2, 0) is 11.3 Å². The predicted octanol–water partition coefficient (Wildman–Crippen LogP) is 2.38. The summed E-state index contributed by atoms with van der Waals surface area (Å²) in [5.41, 5.74) is 2.36. The summed E-state index contributed by atoms with van der Waals surface area (Å²) in [5.74, 6) is 0. The zero-order valence-electron chi connectivity index (χ0n) is 12.5. The topological polar surface area (TPSA) is 53.6 Å². The molecule has 1 aromatic carbocycles. The molecule has 6 heteroatoms. The second-order valence-corrected chi connectivity index (χ2v) is 5.56. The number of carbonyl (C=O) groups excluding carboxylic acids is 1. The number of amides is 1. The number of halogens is 1. The average molecular weight is 312 g/mol. The van der Waals surface area contributed by atoms with Gasteiger partial charge >= 0.3 is 6.09 Å². The first kappa shape index (κ1) is 15.9. The molecule has 0 spiro atoms. The van der Waals surface area contributed by atoms with E-state index in [0.717, 1.165) is 43.3 Å². The number of hydrogen-bond donors (Lipinski definition) is 2. The summed E-state index contributed by atoms with van der Waals surface area (Å²) in [5, 5.41) is 6.93. The van der Waals surface area contributed by atoms with E-state index in [0.29, 0.717) is 0 Å². The van der Waals surface area contributed by atoms with Gasteiger partial charge in [0, 0.05) is 30.3 Å². The van der Waals surface area contributed by atoms with Crippen LogP contribution in [0.25, 0.3) is 0 Å². The quantitative estimate of drug-likeness (QED) is 0.876. The van der Waals surface area contributed by atoms with Gasteiger partial charge in [-0.3, -0.25) is 0 Å². The van der Waals surface area contributed by atoms with Crippen molar-refractivity contribution in [2.45, 2.75) is 25.9 Å². The van der Waals surface area contributed by atoms with Gasteiger partial charge in [0.25, 0.3) is 0 Å². The molecular weight excluding hydrogens is 290 g/mol. The number of anilines is 1. The van der Waals surface area contributed by atoms with Gasteiger partial charge in [-0.25, -0.2) is 4.79 Å². The highest BCUT2D eigenvalue weighted by Crippen LogP contribution is 2.28. The van der Waals surface area contributed by atoms with Gasteiger partial charge in [0.15, 0.2) is 0 Å². The first-order chi connectivity index (χ1) is 10.1. The highest BCUT2D eigenvalue weighted by molar-refractivity contribution is 6.30. The van der Waals surface area contributed by atoms with Crippen molar-refractivity contribution < 1.29 is 9.53 Å². The Morgan fingerprint density at radius 2 is 2.33 bits per heavy atom. The molecule has 1 fully saturated rings. The minimum absolute atomic E-state index is 0.114. The summed E-state index contributed by atoms with van der Waals surface area (Å²) in [4.78, 5) is 13.6. The normalized spacial score (nSPS) is 17.9. The average Bonchev–Trinajstić information content (AvgIpc) is 2.94. The number of rotatable bonds is 5. The Labute approximate surface area is 130 Å². The van der Waals surface area contributed by atoms with E-state index in [1.807, 2.05) is 12.1 Å². The fourth-order valence-electron chi connectivity index (χ4n) is 2.56. The van der Waals surface area contributed by atoms with Crippen molar-refractivity contribution in [3.63, 3.8) is 0 Å². The number of nitrogens with one attached hydrogen (secondary N) is 2. The van der Waals surface area contributed by atoms with E-state index in [9.17, 15) is 4.79 Å². The van der Waals surface area contributed by atoms with E-state index < -0.39 is 0 Å². The van der Waals surface area contributed by atoms with Crippen molar-refractivity contribution in [2.75, 3.05) is 31.6 Å². The van der Waals surface area contributed by atoms with Crippen LogP contribution in [0.5, 0.6) is 0 Å². The maximum Gasteiger partial charge on any atom is 0.407 e. The van der Waals surface area contributed by atoms with Gasteiger partial charge < -0.3 is 20.3 Å². The largest absolute Gasteiger partial charge is 0.453 e. The van der Waals surface area contributed by atoms with Crippen LogP contribution in [0.15, 0.2) is 18.2 Å². The number of hydrogen-bond acceptors (Lipinski definition) is 4. The Morgan fingerprint density at radius 1 is 1.52 bits per heavy atom. The van der Waals surface area contributed by atoms with Gasteiger partial charge in [0.2, 0.25) is 0 Å². The Morgan fingerprint density at radius 3 is 3.05 bits per heavy atom. The summed E-state index contributed by atoms with van der Waals surface area (Å²) in [6, 6.07) is 6.08. The van der Waals surface area contributed by atoms with E-state index in [1.165, 1.54) is 12.7 Å². The standard InChI is InChI=1S/C15H22ClN3O2/c1-3-17-9-11-4-5-12(16)8-14(11)19-7-6-13(10-19)18-15(20)21-2/h4-5,8,13,17H,3,6-7,9-10H2,1-2H3,(H,18,20). The SMILES string of the molecule is CCNCc1ccc(Cl)cc1N1CCC(NC(=O)OC)C1. The Bertz CT molecular complexity index is 496. The molecule has 0 aromatic heterocycles. The molecule has 1 atom stereocenters. The summed E-state index contributed by atoms with van der Waals surface area (Å²) < 4.78 is 4.65. The Kier molecular flexibility index (Phi) is 5.70. The smallest absolute Gasteiger partial charge is 0.407 e. The number of ether oxygens (including phenoxy) is 1. The lowest BCUT2D eigenvalue weighted by atomic mass is 10.1. The molecule has 1 aliphatic heterocycles. The van der Waals surface area contributed by atoms with Gasteiger partial charge in [0.05, 0.1) is 13.2 Å². The fourth-order valence-corrected chi connectivity index (χ4v) is 2.73. The lowest BCUT2D eigenvalue weighted by Gasteiger charge is -2.23. The molecule has 0 aliphatic carbocycles. The van der Waals surface area contributed by atoms with Crippen molar-refractivity contribution in [3.8, 4) is 0 Å². The van der Waals surface area contributed by atoms with E-state index in [1.54, 1.807) is 0 Å². The molecule has 5 nitrogen and oxygen atoms in total. The maximum atomic E-state index is 11.3. The lowest BCUT2D eigenvalue weighted by Crippen LogP contribution is -2.37. The van der Waals surface area contributed by atoms with Crippen LogP contribution in [0.1, 0.15) is 18.9 Å². The van der Waals surface area contributed by atoms with Crippen LogP contribution < -0.4 is 15.5 Å². The molecule has 1 amide bonds. The molecule has 1 unspecified atom stereocenters. The second-order valence-electron chi connectivity index (χ2n) is 5.12. The van der Waals surface area contributed by atoms with Crippen LogP contribution in [0.3, 0.4) is 0 Å². The molecule has 116 valence electrons. The Balaban J connectivity index is 2.07. The summed E-state index contributed by atoms with van der Waals surface area (Å²) >= 11 is 6.14. The highest BCUT2D eigenvalue weighted by atomic mass is 35.5. The molecule has 0 radical (unpaired) electrons. The number of carbonyl (C=O) groups is 1. The first-order valence-corrected chi connectivity index (χ1v) is 7.60. The third-order valence-corrected chi connectivity index (χ3v) is 3.88. The maximum absolute atomic E-state index is 11.3. The van der Waals surface area contributed by atoms with Crippen molar-refractivity contribution in [2.24, 2.45) is 0 Å². The molecule has 1 heterocycles. The second kappa shape index (κ2) is 7.52. The summed E-state index contributed by atoms with van der Waals surface area (Å²) in [7, 11) is 1.38. The van der Waals surface area contributed by atoms with Crippen LogP contribution in [0, 0.1) is 0 Å². The lowest BCUT2D eigenvalue weighted by molar-refractivity contribution is 0.167. The van der Waals surface area contributed by atoms with Crippen molar-refractivity contribution in [1.82, 2.24) is 10.6 Å². The third kappa shape index (κ3) is 4.25. The molecular formula is C15H22ClN3O2. The first-order valence-electron chi connectivity index (χ1n) is 7.22. The van der Waals surface area contributed by atoms with Crippen molar-refractivity contribution in [1.29, 1.82) is 0 Å². The Hall–Kier alpha value is -1.46. The van der Waals surface area contributed by atoms with Crippen LogP contribution in [-0.4, -0.2) is 38.9 Å². The fraction of sp³-hybridized carbons (Fsp3) is 0.533. The van der Waals surface area contributed by atoms with Gasteiger partial charge in [-0.05, 0) is 30.7 Å². The number of alkyl carbamates (subject to hydrolysis) is 1.